The van der Waals surface area contributed by atoms with E-state index < -0.39 is 0 Å². The molecule has 2 heterocycles. The van der Waals surface area contributed by atoms with Gasteiger partial charge in [0.05, 0.1) is 5.69 Å². The van der Waals surface area contributed by atoms with Crippen LogP contribution in [0.3, 0.4) is 0 Å². The van der Waals surface area contributed by atoms with E-state index in [1.165, 1.54) is 6.42 Å². The van der Waals surface area contributed by atoms with E-state index in [-0.39, 0.29) is 17.7 Å². The Bertz CT molecular complexity index is 562. The molecule has 0 spiro atoms. The highest BCUT2D eigenvalue weighted by Gasteiger charge is 2.23. The number of hydrogen-bond acceptors (Lipinski definition) is 3. The molecule has 1 fully saturated rings. The standard InChI is InChI=1S/C18H30N4O2/c1-12(11-16-14(3)20-21-15(16)4)18(24)19-9-8-17(23)22-10-6-5-7-13(22)2/h12-13H,5-11H2,1-4H3,(H,19,24)(H,20,21)/t12-,13+/m1/s1. The summed E-state index contributed by atoms with van der Waals surface area (Å²) in [5.41, 5.74) is 3.07. The second-order valence-corrected chi connectivity index (χ2v) is 6.99. The van der Waals surface area contributed by atoms with Crippen LogP contribution >= 0.6 is 0 Å². The van der Waals surface area contributed by atoms with Gasteiger partial charge in [-0.05, 0) is 52.0 Å². The molecule has 0 radical (unpaired) electrons. The lowest BCUT2D eigenvalue weighted by molar-refractivity contribution is -0.134. The number of carbonyl (C=O) groups excluding carboxylic acids is 2. The molecule has 2 N–H and O–H groups in total. The van der Waals surface area contributed by atoms with Crippen molar-refractivity contribution in [1.82, 2.24) is 20.4 Å². The molecule has 0 aliphatic carbocycles. The molecule has 1 aromatic rings. The summed E-state index contributed by atoms with van der Waals surface area (Å²) in [6.07, 6.45) is 4.41. The zero-order chi connectivity index (χ0) is 17.7. The smallest absolute Gasteiger partial charge is 0.224 e. The van der Waals surface area contributed by atoms with E-state index in [2.05, 4.69) is 22.4 Å². The quantitative estimate of drug-likeness (QED) is 0.836. The summed E-state index contributed by atoms with van der Waals surface area (Å²) in [5, 5.41) is 10.0. The lowest BCUT2D eigenvalue weighted by Gasteiger charge is -2.33. The summed E-state index contributed by atoms with van der Waals surface area (Å²) >= 11 is 0. The number of nitrogens with one attached hydrogen (secondary N) is 2. The average Bonchev–Trinajstić information content (AvgIpc) is 2.86. The van der Waals surface area contributed by atoms with Gasteiger partial charge in [0.15, 0.2) is 0 Å². The van der Waals surface area contributed by atoms with E-state index in [0.29, 0.717) is 25.4 Å². The molecule has 0 aromatic carbocycles. The molecule has 24 heavy (non-hydrogen) atoms. The van der Waals surface area contributed by atoms with Crippen molar-refractivity contribution in [2.24, 2.45) is 5.92 Å². The maximum Gasteiger partial charge on any atom is 0.224 e. The molecule has 1 aliphatic heterocycles. The predicted octanol–water partition coefficient (Wildman–Crippen LogP) is 2.11. The SMILES string of the molecule is Cc1n[nH]c(C)c1C[C@@H](C)C(=O)NCCC(=O)N1CCCC[C@@H]1C. The van der Waals surface area contributed by atoms with Gasteiger partial charge in [-0.2, -0.15) is 5.10 Å². The number of piperidine rings is 1. The van der Waals surface area contributed by atoms with Gasteiger partial charge in [-0.1, -0.05) is 6.92 Å². The van der Waals surface area contributed by atoms with Crippen molar-refractivity contribution in [1.29, 1.82) is 0 Å². The first-order valence-corrected chi connectivity index (χ1v) is 8.97. The van der Waals surface area contributed by atoms with Crippen LogP contribution in [0.2, 0.25) is 0 Å². The van der Waals surface area contributed by atoms with Gasteiger partial charge in [-0.15, -0.1) is 0 Å². The van der Waals surface area contributed by atoms with Crippen LogP contribution in [-0.2, 0) is 16.0 Å². The third-order valence-corrected chi connectivity index (χ3v) is 5.00. The Balaban J connectivity index is 1.75. The molecule has 2 rings (SSSR count). The van der Waals surface area contributed by atoms with Crippen molar-refractivity contribution in [3.63, 3.8) is 0 Å². The van der Waals surface area contributed by atoms with Crippen LogP contribution in [0.5, 0.6) is 0 Å². The van der Waals surface area contributed by atoms with E-state index in [0.717, 1.165) is 36.3 Å². The van der Waals surface area contributed by atoms with Crippen LogP contribution in [0, 0.1) is 19.8 Å². The fourth-order valence-corrected chi connectivity index (χ4v) is 3.35. The third kappa shape index (κ3) is 4.58. The minimum Gasteiger partial charge on any atom is -0.355 e. The van der Waals surface area contributed by atoms with Crippen molar-refractivity contribution in [2.45, 2.75) is 65.8 Å². The maximum atomic E-state index is 12.3. The monoisotopic (exact) mass is 334 g/mol. The van der Waals surface area contributed by atoms with Crippen molar-refractivity contribution >= 4 is 11.8 Å². The van der Waals surface area contributed by atoms with Gasteiger partial charge in [0.25, 0.3) is 0 Å². The Morgan fingerprint density at radius 2 is 2.12 bits per heavy atom. The lowest BCUT2D eigenvalue weighted by Crippen LogP contribution is -2.43. The largest absolute Gasteiger partial charge is 0.355 e. The zero-order valence-corrected chi connectivity index (χ0v) is 15.3. The summed E-state index contributed by atoms with van der Waals surface area (Å²) in [6.45, 7) is 9.20. The van der Waals surface area contributed by atoms with E-state index in [4.69, 9.17) is 0 Å². The molecular weight excluding hydrogens is 304 g/mol. The summed E-state index contributed by atoms with van der Waals surface area (Å²) in [4.78, 5) is 26.5. The van der Waals surface area contributed by atoms with Crippen molar-refractivity contribution < 1.29 is 9.59 Å². The highest BCUT2D eigenvalue weighted by atomic mass is 16.2. The number of aryl methyl sites for hydroxylation is 2. The molecule has 1 aromatic heterocycles. The number of hydrogen-bond donors (Lipinski definition) is 2. The number of H-pyrrole nitrogens is 1. The Morgan fingerprint density at radius 3 is 2.75 bits per heavy atom. The molecule has 1 saturated heterocycles. The number of aromatic nitrogens is 2. The fourth-order valence-electron chi connectivity index (χ4n) is 3.35. The first-order valence-electron chi connectivity index (χ1n) is 8.97. The molecule has 0 unspecified atom stereocenters. The average molecular weight is 334 g/mol. The maximum absolute atomic E-state index is 12.3. The molecule has 0 bridgehead atoms. The highest BCUT2D eigenvalue weighted by molar-refractivity contribution is 5.80. The molecule has 2 atom stereocenters. The molecule has 1 aliphatic rings. The van der Waals surface area contributed by atoms with Gasteiger partial charge in [0.1, 0.15) is 0 Å². The molecule has 6 heteroatoms. The van der Waals surface area contributed by atoms with E-state index in [1.54, 1.807) is 0 Å². The zero-order valence-electron chi connectivity index (χ0n) is 15.3. The van der Waals surface area contributed by atoms with Gasteiger partial charge in [0.2, 0.25) is 11.8 Å². The number of likely N-dealkylation sites (tertiary alicyclic amines) is 1. The van der Waals surface area contributed by atoms with Crippen LogP contribution in [0.1, 0.15) is 56.5 Å². The normalized spacial score (nSPS) is 19.2. The van der Waals surface area contributed by atoms with Gasteiger partial charge in [0, 0.05) is 37.2 Å². The predicted molar refractivity (Wildman–Crippen MR) is 93.6 cm³/mol. The van der Waals surface area contributed by atoms with Gasteiger partial charge < -0.3 is 10.2 Å². The van der Waals surface area contributed by atoms with E-state index in [9.17, 15) is 9.59 Å². The van der Waals surface area contributed by atoms with Crippen LogP contribution in [-0.4, -0.2) is 46.0 Å². The Morgan fingerprint density at radius 1 is 1.38 bits per heavy atom. The first-order chi connectivity index (χ1) is 11.4. The van der Waals surface area contributed by atoms with E-state index >= 15 is 0 Å². The summed E-state index contributed by atoms with van der Waals surface area (Å²) < 4.78 is 0. The number of rotatable bonds is 6. The van der Waals surface area contributed by atoms with Crippen LogP contribution in [0.15, 0.2) is 0 Å². The number of nitrogens with zero attached hydrogens (tertiary/aromatic N) is 2. The number of amides is 2. The molecule has 134 valence electrons. The third-order valence-electron chi connectivity index (χ3n) is 5.00. The van der Waals surface area contributed by atoms with Gasteiger partial charge >= 0.3 is 0 Å². The molecule has 0 saturated carbocycles. The van der Waals surface area contributed by atoms with Crippen molar-refractivity contribution in [2.75, 3.05) is 13.1 Å². The van der Waals surface area contributed by atoms with Crippen LogP contribution in [0.4, 0.5) is 0 Å². The summed E-state index contributed by atoms with van der Waals surface area (Å²) in [5.74, 6) is 0.00943. The first kappa shape index (κ1) is 18.5. The molecular formula is C18H30N4O2. The lowest BCUT2D eigenvalue weighted by atomic mass is 9.99. The number of aromatic amines is 1. The minimum absolute atomic E-state index is 0.00510. The van der Waals surface area contributed by atoms with Crippen LogP contribution in [0.25, 0.3) is 0 Å². The Kier molecular flexibility index (Phi) is 6.40. The Hall–Kier alpha value is -1.85. The van der Waals surface area contributed by atoms with Crippen LogP contribution < -0.4 is 5.32 Å². The molecule has 2 amide bonds. The minimum atomic E-state index is -0.135. The summed E-state index contributed by atoms with van der Waals surface area (Å²) in [7, 11) is 0. The number of carbonyl (C=O) groups is 2. The van der Waals surface area contributed by atoms with Gasteiger partial charge in [-0.25, -0.2) is 0 Å². The topological polar surface area (TPSA) is 78.1 Å². The Labute approximate surface area is 144 Å². The second-order valence-electron chi connectivity index (χ2n) is 6.99. The second kappa shape index (κ2) is 8.31. The molecule has 6 nitrogen and oxygen atoms in total. The fraction of sp³-hybridized carbons (Fsp3) is 0.722. The van der Waals surface area contributed by atoms with Crippen molar-refractivity contribution in [3.05, 3.63) is 17.0 Å². The van der Waals surface area contributed by atoms with Crippen molar-refractivity contribution in [3.8, 4) is 0 Å². The summed E-state index contributed by atoms with van der Waals surface area (Å²) in [6, 6.07) is 0.327. The van der Waals surface area contributed by atoms with E-state index in [1.807, 2.05) is 25.7 Å². The highest BCUT2D eigenvalue weighted by Crippen LogP contribution is 2.17. The van der Waals surface area contributed by atoms with Gasteiger partial charge in [-0.3, -0.25) is 14.7 Å².